The van der Waals surface area contributed by atoms with E-state index in [1.165, 1.54) is 11.5 Å². The molecule has 0 amide bonds. The van der Waals surface area contributed by atoms with Gasteiger partial charge in [-0.05, 0) is 25.5 Å². The molecule has 2 rings (SSSR count). The molecule has 0 bridgehead atoms. The summed E-state index contributed by atoms with van der Waals surface area (Å²) >= 11 is 1.39. The maximum Gasteiger partial charge on any atom is 0.130 e. The molecule has 0 aliphatic heterocycles. The van der Waals surface area contributed by atoms with Crippen LogP contribution < -0.4 is 5.32 Å². The summed E-state index contributed by atoms with van der Waals surface area (Å²) in [5.41, 5.74) is 2.53. The SMILES string of the molecule is CNCc1snnc1-c1nccnc1C. The molecular weight excluding hydrogens is 210 g/mol. The van der Waals surface area contributed by atoms with Crippen molar-refractivity contribution in [2.75, 3.05) is 7.05 Å². The Morgan fingerprint density at radius 2 is 2.07 bits per heavy atom. The summed E-state index contributed by atoms with van der Waals surface area (Å²) in [4.78, 5) is 9.55. The Balaban J connectivity index is 2.45. The van der Waals surface area contributed by atoms with Gasteiger partial charge in [0.1, 0.15) is 11.4 Å². The van der Waals surface area contributed by atoms with E-state index in [0.717, 1.165) is 28.5 Å². The van der Waals surface area contributed by atoms with Crippen LogP contribution >= 0.6 is 11.5 Å². The number of rotatable bonds is 3. The molecule has 0 saturated heterocycles. The van der Waals surface area contributed by atoms with E-state index in [4.69, 9.17) is 0 Å². The molecule has 0 aromatic carbocycles. The zero-order chi connectivity index (χ0) is 10.7. The molecule has 0 unspecified atom stereocenters. The highest BCUT2D eigenvalue weighted by molar-refractivity contribution is 7.05. The van der Waals surface area contributed by atoms with Crippen LogP contribution in [0.4, 0.5) is 0 Å². The smallest absolute Gasteiger partial charge is 0.130 e. The number of hydrogen-bond acceptors (Lipinski definition) is 6. The maximum atomic E-state index is 4.28. The van der Waals surface area contributed by atoms with E-state index in [9.17, 15) is 0 Å². The summed E-state index contributed by atoms with van der Waals surface area (Å²) in [6.45, 7) is 2.67. The largest absolute Gasteiger partial charge is 0.315 e. The molecule has 6 heteroatoms. The van der Waals surface area contributed by atoms with Gasteiger partial charge in [-0.3, -0.25) is 9.97 Å². The van der Waals surface area contributed by atoms with E-state index in [1.807, 2.05) is 14.0 Å². The molecule has 0 fully saturated rings. The highest BCUT2D eigenvalue weighted by atomic mass is 32.1. The van der Waals surface area contributed by atoms with Crippen LogP contribution in [0.1, 0.15) is 10.6 Å². The lowest BCUT2D eigenvalue weighted by Crippen LogP contribution is -2.05. The van der Waals surface area contributed by atoms with Gasteiger partial charge in [0.25, 0.3) is 0 Å². The second kappa shape index (κ2) is 4.41. The minimum Gasteiger partial charge on any atom is -0.315 e. The summed E-state index contributed by atoms with van der Waals surface area (Å²) in [5.74, 6) is 0. The standard InChI is InChI=1S/C9H11N5S/c1-6-8(12-4-3-11-6)9-7(5-10-2)15-14-13-9/h3-4,10H,5H2,1-2H3. The lowest BCUT2D eigenvalue weighted by Gasteiger charge is -2.01. The summed E-state index contributed by atoms with van der Waals surface area (Å²) in [7, 11) is 1.90. The first-order valence-corrected chi connectivity index (χ1v) is 5.34. The average molecular weight is 221 g/mol. The summed E-state index contributed by atoms with van der Waals surface area (Å²) in [6.07, 6.45) is 3.35. The van der Waals surface area contributed by atoms with Gasteiger partial charge in [-0.15, -0.1) is 5.10 Å². The minimum absolute atomic E-state index is 0.753. The van der Waals surface area contributed by atoms with Gasteiger partial charge in [-0.1, -0.05) is 4.49 Å². The van der Waals surface area contributed by atoms with Crippen LogP contribution in [0, 0.1) is 6.92 Å². The number of nitrogens with zero attached hydrogens (tertiary/aromatic N) is 4. The van der Waals surface area contributed by atoms with E-state index in [2.05, 4.69) is 24.9 Å². The number of nitrogens with one attached hydrogen (secondary N) is 1. The van der Waals surface area contributed by atoms with E-state index in [0.29, 0.717) is 0 Å². The van der Waals surface area contributed by atoms with Crippen molar-refractivity contribution in [3.63, 3.8) is 0 Å². The van der Waals surface area contributed by atoms with Crippen molar-refractivity contribution in [1.82, 2.24) is 24.9 Å². The first-order chi connectivity index (χ1) is 7.33. The van der Waals surface area contributed by atoms with E-state index in [-0.39, 0.29) is 0 Å². The Morgan fingerprint density at radius 1 is 1.27 bits per heavy atom. The molecule has 0 spiro atoms. The first-order valence-electron chi connectivity index (χ1n) is 4.56. The number of aryl methyl sites for hydroxylation is 1. The van der Waals surface area contributed by atoms with Crippen LogP contribution in [0.25, 0.3) is 11.4 Å². The quantitative estimate of drug-likeness (QED) is 0.838. The predicted molar refractivity (Wildman–Crippen MR) is 58.4 cm³/mol. The second-order valence-corrected chi connectivity index (χ2v) is 3.90. The Labute approximate surface area is 91.8 Å². The fraction of sp³-hybridized carbons (Fsp3) is 0.333. The van der Waals surface area contributed by atoms with Crippen LogP contribution in [0.3, 0.4) is 0 Å². The highest BCUT2D eigenvalue weighted by Gasteiger charge is 2.13. The first kappa shape index (κ1) is 10.1. The molecule has 0 radical (unpaired) electrons. The van der Waals surface area contributed by atoms with Gasteiger partial charge in [0, 0.05) is 18.9 Å². The second-order valence-electron chi connectivity index (χ2n) is 3.07. The van der Waals surface area contributed by atoms with Crippen LogP contribution in [0.2, 0.25) is 0 Å². The normalized spacial score (nSPS) is 10.5. The van der Waals surface area contributed by atoms with Crippen LogP contribution in [-0.4, -0.2) is 26.6 Å². The fourth-order valence-corrected chi connectivity index (χ4v) is 1.96. The Bertz CT molecular complexity index is 453. The molecule has 0 saturated carbocycles. The van der Waals surface area contributed by atoms with Crippen molar-refractivity contribution >= 4 is 11.5 Å². The number of aromatic nitrogens is 4. The van der Waals surface area contributed by atoms with Crippen LogP contribution in [0.5, 0.6) is 0 Å². The Morgan fingerprint density at radius 3 is 2.80 bits per heavy atom. The number of hydrogen-bond donors (Lipinski definition) is 1. The summed E-state index contributed by atoms with van der Waals surface area (Å²) in [6, 6.07) is 0. The van der Waals surface area contributed by atoms with Gasteiger partial charge >= 0.3 is 0 Å². The van der Waals surface area contributed by atoms with Gasteiger partial charge in [-0.25, -0.2) is 0 Å². The summed E-state index contributed by atoms with van der Waals surface area (Å²) < 4.78 is 3.94. The molecule has 2 heterocycles. The van der Waals surface area contributed by atoms with Gasteiger partial charge in [-0.2, -0.15) is 0 Å². The van der Waals surface area contributed by atoms with Crippen molar-refractivity contribution in [1.29, 1.82) is 0 Å². The van der Waals surface area contributed by atoms with Crippen molar-refractivity contribution in [2.24, 2.45) is 0 Å². The lowest BCUT2D eigenvalue weighted by molar-refractivity contribution is 0.829. The summed E-state index contributed by atoms with van der Waals surface area (Å²) in [5, 5.41) is 7.17. The average Bonchev–Trinajstić information content (AvgIpc) is 2.67. The molecule has 0 atom stereocenters. The van der Waals surface area contributed by atoms with Crippen molar-refractivity contribution in [2.45, 2.75) is 13.5 Å². The molecule has 15 heavy (non-hydrogen) atoms. The third-order valence-corrected chi connectivity index (χ3v) is 2.72. The Hall–Kier alpha value is -1.40. The molecule has 78 valence electrons. The predicted octanol–water partition coefficient (Wildman–Crippen LogP) is 1.02. The minimum atomic E-state index is 0.753. The Kier molecular flexibility index (Phi) is 2.98. The van der Waals surface area contributed by atoms with Crippen molar-refractivity contribution < 1.29 is 0 Å². The zero-order valence-corrected chi connectivity index (χ0v) is 9.38. The monoisotopic (exact) mass is 221 g/mol. The van der Waals surface area contributed by atoms with E-state index >= 15 is 0 Å². The van der Waals surface area contributed by atoms with Gasteiger partial charge in [0.15, 0.2) is 0 Å². The van der Waals surface area contributed by atoms with Crippen molar-refractivity contribution in [3.05, 3.63) is 23.0 Å². The zero-order valence-electron chi connectivity index (χ0n) is 8.56. The highest BCUT2D eigenvalue weighted by Crippen LogP contribution is 2.23. The third kappa shape index (κ3) is 2.00. The third-order valence-electron chi connectivity index (χ3n) is 2.00. The van der Waals surface area contributed by atoms with E-state index < -0.39 is 0 Å². The maximum absolute atomic E-state index is 4.28. The topological polar surface area (TPSA) is 63.6 Å². The van der Waals surface area contributed by atoms with Gasteiger partial charge < -0.3 is 5.32 Å². The van der Waals surface area contributed by atoms with Crippen LogP contribution in [-0.2, 0) is 6.54 Å². The fourth-order valence-electron chi connectivity index (χ4n) is 1.31. The molecule has 5 nitrogen and oxygen atoms in total. The molecule has 2 aromatic heterocycles. The molecule has 2 aromatic rings. The van der Waals surface area contributed by atoms with Gasteiger partial charge in [0.2, 0.25) is 0 Å². The van der Waals surface area contributed by atoms with E-state index in [1.54, 1.807) is 12.4 Å². The van der Waals surface area contributed by atoms with Gasteiger partial charge in [0.05, 0.1) is 10.6 Å². The lowest BCUT2D eigenvalue weighted by atomic mass is 10.2. The molecule has 1 N–H and O–H groups in total. The van der Waals surface area contributed by atoms with Crippen molar-refractivity contribution in [3.8, 4) is 11.4 Å². The molecular formula is C9H11N5S. The molecule has 0 aliphatic carbocycles. The van der Waals surface area contributed by atoms with Crippen LogP contribution in [0.15, 0.2) is 12.4 Å². The molecule has 0 aliphatic rings.